The molecule has 0 saturated carbocycles. The first-order chi connectivity index (χ1) is 17.0. The Hall–Kier alpha value is -4.20. The van der Waals surface area contributed by atoms with Crippen molar-refractivity contribution in [2.75, 3.05) is 44.6 Å². The van der Waals surface area contributed by atoms with Crippen LogP contribution in [0.25, 0.3) is 0 Å². The Morgan fingerprint density at radius 1 is 0.886 bits per heavy atom. The van der Waals surface area contributed by atoms with E-state index in [0.29, 0.717) is 48.1 Å². The first-order valence-electron chi connectivity index (χ1n) is 11.3. The molecule has 8 heteroatoms. The Kier molecular flexibility index (Phi) is 7.40. The van der Waals surface area contributed by atoms with E-state index in [4.69, 9.17) is 14.2 Å². The molecule has 1 saturated heterocycles. The molecule has 3 aromatic carbocycles. The van der Waals surface area contributed by atoms with E-state index >= 15 is 0 Å². The Morgan fingerprint density at radius 2 is 1.66 bits per heavy atom. The fourth-order valence-corrected chi connectivity index (χ4v) is 4.05. The average molecular weight is 476 g/mol. The number of nitrogens with zero attached hydrogens (tertiary/aromatic N) is 2. The van der Waals surface area contributed by atoms with Gasteiger partial charge in [-0.3, -0.25) is 9.69 Å². The predicted molar refractivity (Wildman–Crippen MR) is 135 cm³/mol. The summed E-state index contributed by atoms with van der Waals surface area (Å²) in [5.41, 5.74) is 2.67. The fraction of sp³-hybridized carbons (Fsp3) is 0.259. The molecule has 8 nitrogen and oxygen atoms in total. The van der Waals surface area contributed by atoms with Crippen LogP contribution in [0.4, 0.5) is 16.2 Å². The van der Waals surface area contributed by atoms with Gasteiger partial charge in [0.1, 0.15) is 17.2 Å². The van der Waals surface area contributed by atoms with Gasteiger partial charge in [0.2, 0.25) is 0 Å². The van der Waals surface area contributed by atoms with E-state index in [2.05, 4.69) is 5.32 Å². The van der Waals surface area contributed by atoms with E-state index in [9.17, 15) is 9.59 Å². The normalized spacial score (nSPS) is 13.4. The molecule has 1 fully saturated rings. The summed E-state index contributed by atoms with van der Waals surface area (Å²) in [6.07, 6.45) is 0.811. The van der Waals surface area contributed by atoms with Gasteiger partial charge in [0.15, 0.2) is 0 Å². The van der Waals surface area contributed by atoms with Crippen LogP contribution >= 0.6 is 0 Å². The molecule has 0 aromatic heterocycles. The largest absolute Gasteiger partial charge is 0.497 e. The molecule has 3 amide bonds. The van der Waals surface area contributed by atoms with Gasteiger partial charge in [0.25, 0.3) is 5.91 Å². The van der Waals surface area contributed by atoms with E-state index in [1.165, 1.54) is 0 Å². The highest BCUT2D eigenvalue weighted by molar-refractivity contribution is 6.05. The smallest absolute Gasteiger partial charge is 0.324 e. The van der Waals surface area contributed by atoms with Crippen molar-refractivity contribution in [1.82, 2.24) is 4.90 Å². The van der Waals surface area contributed by atoms with Gasteiger partial charge >= 0.3 is 6.03 Å². The molecule has 182 valence electrons. The summed E-state index contributed by atoms with van der Waals surface area (Å²) in [5, 5.41) is 2.90. The second-order valence-electron chi connectivity index (χ2n) is 8.13. The number of nitrogens with one attached hydrogen (secondary N) is 1. The molecule has 0 aliphatic carbocycles. The number of methoxy groups -OCH3 is 3. The number of urea groups is 1. The maximum Gasteiger partial charge on any atom is 0.324 e. The van der Waals surface area contributed by atoms with Crippen molar-refractivity contribution in [3.8, 4) is 17.2 Å². The second-order valence-corrected chi connectivity index (χ2v) is 8.13. The van der Waals surface area contributed by atoms with Gasteiger partial charge in [-0.15, -0.1) is 0 Å². The van der Waals surface area contributed by atoms with Crippen molar-refractivity contribution in [3.63, 3.8) is 0 Å². The molecule has 0 bridgehead atoms. The van der Waals surface area contributed by atoms with E-state index in [0.717, 1.165) is 17.7 Å². The number of hydrogen-bond donors (Lipinski definition) is 1. The Balaban J connectivity index is 1.53. The molecule has 0 radical (unpaired) electrons. The van der Waals surface area contributed by atoms with Crippen LogP contribution in [-0.2, 0) is 6.54 Å². The summed E-state index contributed by atoms with van der Waals surface area (Å²) in [5.74, 6) is 1.66. The topological polar surface area (TPSA) is 80.3 Å². The highest BCUT2D eigenvalue weighted by Crippen LogP contribution is 2.34. The molecule has 1 heterocycles. The molecule has 4 rings (SSSR count). The monoisotopic (exact) mass is 475 g/mol. The van der Waals surface area contributed by atoms with E-state index in [1.807, 2.05) is 29.2 Å². The molecule has 3 aromatic rings. The first kappa shape index (κ1) is 23.9. The quantitative estimate of drug-likeness (QED) is 0.506. The lowest BCUT2D eigenvalue weighted by molar-refractivity contribution is 0.102. The molecule has 1 aliphatic heterocycles. The number of ether oxygens (including phenoxy) is 3. The van der Waals surface area contributed by atoms with Crippen molar-refractivity contribution < 1.29 is 23.8 Å². The van der Waals surface area contributed by atoms with Gasteiger partial charge in [0, 0.05) is 30.9 Å². The lowest BCUT2D eigenvalue weighted by Crippen LogP contribution is -2.49. The third-order valence-electron chi connectivity index (χ3n) is 5.90. The summed E-state index contributed by atoms with van der Waals surface area (Å²) < 4.78 is 16.0. The van der Waals surface area contributed by atoms with Gasteiger partial charge < -0.3 is 24.4 Å². The summed E-state index contributed by atoms with van der Waals surface area (Å²) in [6, 6.07) is 19.8. The van der Waals surface area contributed by atoms with Crippen LogP contribution in [0.1, 0.15) is 22.3 Å². The molecule has 0 atom stereocenters. The highest BCUT2D eigenvalue weighted by Gasteiger charge is 2.29. The number of carbonyl (C=O) groups is 2. The van der Waals surface area contributed by atoms with Crippen LogP contribution in [0, 0.1) is 0 Å². The number of carbonyl (C=O) groups excluding carboxylic acids is 2. The van der Waals surface area contributed by atoms with Crippen LogP contribution in [0.2, 0.25) is 0 Å². The Bertz CT molecular complexity index is 1200. The average Bonchev–Trinajstić information content (AvgIpc) is 2.90. The Morgan fingerprint density at radius 3 is 2.37 bits per heavy atom. The zero-order valence-corrected chi connectivity index (χ0v) is 20.1. The van der Waals surface area contributed by atoms with Gasteiger partial charge in [0.05, 0.1) is 27.0 Å². The zero-order valence-electron chi connectivity index (χ0n) is 20.1. The van der Waals surface area contributed by atoms with Crippen molar-refractivity contribution in [3.05, 3.63) is 77.9 Å². The van der Waals surface area contributed by atoms with Crippen molar-refractivity contribution in [2.45, 2.75) is 13.0 Å². The first-order valence-corrected chi connectivity index (χ1v) is 11.3. The lowest BCUT2D eigenvalue weighted by atomic mass is 10.1. The minimum atomic E-state index is -0.272. The Labute approximate surface area is 205 Å². The van der Waals surface area contributed by atoms with Crippen LogP contribution in [0.5, 0.6) is 17.2 Å². The number of hydrogen-bond acceptors (Lipinski definition) is 5. The standard InChI is InChI=1S/C27H29N3O5/c1-33-22-11-8-19(9-12-22)18-29-14-5-15-30(27(29)32)24-17-21(10-13-25(24)35-3)28-26(31)20-6-4-7-23(16-20)34-2/h4,6-13,16-17H,5,14-15,18H2,1-3H3,(H,28,31). The molecular weight excluding hydrogens is 446 g/mol. The van der Waals surface area contributed by atoms with Crippen LogP contribution in [0.15, 0.2) is 66.7 Å². The summed E-state index contributed by atoms with van der Waals surface area (Å²) in [7, 11) is 4.75. The third-order valence-corrected chi connectivity index (χ3v) is 5.90. The van der Waals surface area contributed by atoms with E-state index < -0.39 is 0 Å². The third kappa shape index (κ3) is 5.48. The number of anilines is 2. The van der Waals surface area contributed by atoms with E-state index in [-0.39, 0.29) is 11.9 Å². The van der Waals surface area contributed by atoms with Gasteiger partial charge in [-0.1, -0.05) is 18.2 Å². The minimum Gasteiger partial charge on any atom is -0.497 e. The summed E-state index contributed by atoms with van der Waals surface area (Å²) in [4.78, 5) is 29.7. The van der Waals surface area contributed by atoms with Crippen molar-refractivity contribution in [2.24, 2.45) is 0 Å². The van der Waals surface area contributed by atoms with Gasteiger partial charge in [-0.2, -0.15) is 0 Å². The minimum absolute atomic E-state index is 0.110. The summed E-state index contributed by atoms with van der Waals surface area (Å²) in [6.45, 7) is 1.71. The van der Waals surface area contributed by atoms with Crippen LogP contribution in [0.3, 0.4) is 0 Å². The number of benzene rings is 3. The molecule has 0 unspecified atom stereocenters. The molecule has 0 spiro atoms. The van der Waals surface area contributed by atoms with Crippen LogP contribution < -0.4 is 24.4 Å². The number of amides is 3. The second kappa shape index (κ2) is 10.8. The lowest BCUT2D eigenvalue weighted by Gasteiger charge is -2.36. The maximum absolute atomic E-state index is 13.4. The SMILES string of the molecule is COc1ccc(CN2CCCN(c3cc(NC(=O)c4cccc(OC)c4)ccc3OC)C2=O)cc1. The maximum atomic E-state index is 13.4. The molecule has 1 aliphatic rings. The molecule has 35 heavy (non-hydrogen) atoms. The zero-order chi connectivity index (χ0) is 24.8. The molecular formula is C27H29N3O5. The number of rotatable bonds is 8. The van der Waals surface area contributed by atoms with E-state index in [1.54, 1.807) is 68.7 Å². The van der Waals surface area contributed by atoms with Gasteiger partial charge in [-0.25, -0.2) is 4.79 Å². The van der Waals surface area contributed by atoms with Crippen molar-refractivity contribution in [1.29, 1.82) is 0 Å². The van der Waals surface area contributed by atoms with Gasteiger partial charge in [-0.05, 0) is 60.5 Å². The van der Waals surface area contributed by atoms with Crippen molar-refractivity contribution >= 4 is 23.3 Å². The fourth-order valence-electron chi connectivity index (χ4n) is 4.05. The van der Waals surface area contributed by atoms with Crippen LogP contribution in [-0.4, -0.2) is 51.3 Å². The molecule has 1 N–H and O–H groups in total. The predicted octanol–water partition coefficient (Wildman–Crippen LogP) is 4.80. The summed E-state index contributed by atoms with van der Waals surface area (Å²) >= 11 is 0. The highest BCUT2D eigenvalue weighted by atomic mass is 16.5.